The number of halogens is 1. The number of nitrogens with one attached hydrogen (secondary N) is 2. The molecular formula is C19H17ClN4O2S2. The van der Waals surface area contributed by atoms with Gasteiger partial charge in [-0.05, 0) is 49.2 Å². The Morgan fingerprint density at radius 3 is 2.68 bits per heavy atom. The van der Waals surface area contributed by atoms with Crippen molar-refractivity contribution in [3.63, 3.8) is 0 Å². The summed E-state index contributed by atoms with van der Waals surface area (Å²) in [4.78, 5) is 24.4. The zero-order valence-electron chi connectivity index (χ0n) is 15.2. The molecule has 2 aromatic carbocycles. The Morgan fingerprint density at radius 1 is 1.11 bits per heavy atom. The topological polar surface area (TPSA) is 84.0 Å². The molecule has 0 unspecified atom stereocenters. The third-order valence-electron chi connectivity index (χ3n) is 3.89. The van der Waals surface area contributed by atoms with Crippen molar-refractivity contribution >= 4 is 57.9 Å². The maximum absolute atomic E-state index is 12.3. The van der Waals surface area contributed by atoms with E-state index in [1.54, 1.807) is 24.3 Å². The van der Waals surface area contributed by atoms with Crippen molar-refractivity contribution < 1.29 is 9.59 Å². The summed E-state index contributed by atoms with van der Waals surface area (Å²) >= 11 is 8.28. The minimum absolute atomic E-state index is 0.140. The average molecular weight is 433 g/mol. The quantitative estimate of drug-likeness (QED) is 0.547. The van der Waals surface area contributed by atoms with Crippen LogP contribution in [0.3, 0.4) is 0 Å². The van der Waals surface area contributed by atoms with Gasteiger partial charge in [-0.25, -0.2) is 0 Å². The second-order valence-corrected chi connectivity index (χ2v) is 8.56. The van der Waals surface area contributed by atoms with Gasteiger partial charge in [-0.1, -0.05) is 52.9 Å². The summed E-state index contributed by atoms with van der Waals surface area (Å²) < 4.78 is 0.548. The number of carbonyl (C=O) groups excluding carboxylic acids is 2. The Morgan fingerprint density at radius 2 is 1.89 bits per heavy atom. The third-order valence-corrected chi connectivity index (χ3v) is 6.18. The Balaban J connectivity index is 1.55. The van der Waals surface area contributed by atoms with Crippen LogP contribution in [0.4, 0.5) is 11.4 Å². The Bertz CT molecular complexity index is 1020. The molecule has 0 spiro atoms. The van der Waals surface area contributed by atoms with Gasteiger partial charge in [-0.15, -0.1) is 10.2 Å². The normalized spacial score (nSPS) is 10.5. The molecule has 144 valence electrons. The number of carbonyl (C=O) groups is 2. The first kappa shape index (κ1) is 20.3. The van der Waals surface area contributed by atoms with Gasteiger partial charge >= 0.3 is 0 Å². The van der Waals surface area contributed by atoms with Crippen LogP contribution < -0.4 is 10.6 Å². The minimum Gasteiger partial charge on any atom is -0.325 e. The molecule has 0 saturated carbocycles. The highest BCUT2D eigenvalue weighted by atomic mass is 35.5. The van der Waals surface area contributed by atoms with Crippen LogP contribution in [0.15, 0.2) is 46.8 Å². The summed E-state index contributed by atoms with van der Waals surface area (Å²) in [5, 5.41) is 14.2. The number of hydrogen-bond acceptors (Lipinski definition) is 6. The molecule has 6 nitrogen and oxygen atoms in total. The van der Waals surface area contributed by atoms with Crippen LogP contribution in [0.25, 0.3) is 0 Å². The Labute approximate surface area is 175 Å². The van der Waals surface area contributed by atoms with Crippen LogP contribution in [0, 0.1) is 13.8 Å². The van der Waals surface area contributed by atoms with E-state index in [2.05, 4.69) is 20.8 Å². The first-order valence-corrected chi connectivity index (χ1v) is 10.5. The van der Waals surface area contributed by atoms with Gasteiger partial charge in [-0.2, -0.15) is 0 Å². The number of aryl methyl sites for hydroxylation is 1. The van der Waals surface area contributed by atoms with Crippen molar-refractivity contribution in [1.29, 1.82) is 0 Å². The van der Waals surface area contributed by atoms with E-state index < -0.39 is 0 Å². The molecule has 0 bridgehead atoms. The van der Waals surface area contributed by atoms with Crippen molar-refractivity contribution in [3.05, 3.63) is 63.6 Å². The average Bonchev–Trinajstić information content (AvgIpc) is 3.13. The minimum atomic E-state index is -0.369. The molecule has 9 heteroatoms. The van der Waals surface area contributed by atoms with Crippen LogP contribution in [-0.4, -0.2) is 27.8 Å². The van der Waals surface area contributed by atoms with Gasteiger partial charge in [0.25, 0.3) is 5.91 Å². The number of amides is 2. The second kappa shape index (κ2) is 9.18. The van der Waals surface area contributed by atoms with Gasteiger partial charge in [0.05, 0.1) is 5.75 Å². The SMILES string of the molecule is Cc1cccc(NC(=O)CSc2nnc(C(=O)Nc3cccc(Cl)c3)s2)c1C. The smallest absolute Gasteiger partial charge is 0.286 e. The van der Waals surface area contributed by atoms with E-state index in [-0.39, 0.29) is 22.6 Å². The highest BCUT2D eigenvalue weighted by molar-refractivity contribution is 8.01. The number of rotatable bonds is 6. The molecule has 0 aliphatic rings. The highest BCUT2D eigenvalue weighted by Crippen LogP contribution is 2.24. The van der Waals surface area contributed by atoms with Gasteiger partial charge in [-0.3, -0.25) is 9.59 Å². The maximum Gasteiger partial charge on any atom is 0.286 e. The fraction of sp³-hybridized carbons (Fsp3) is 0.158. The lowest BCUT2D eigenvalue weighted by atomic mass is 10.1. The third kappa shape index (κ3) is 5.31. The number of thioether (sulfide) groups is 1. The Kier molecular flexibility index (Phi) is 6.66. The van der Waals surface area contributed by atoms with Crippen LogP contribution in [0.5, 0.6) is 0 Å². The first-order valence-electron chi connectivity index (χ1n) is 8.31. The summed E-state index contributed by atoms with van der Waals surface area (Å²) in [6.07, 6.45) is 0. The van der Waals surface area contributed by atoms with E-state index >= 15 is 0 Å². The molecular weight excluding hydrogens is 416 g/mol. The van der Waals surface area contributed by atoms with Crippen molar-refractivity contribution in [1.82, 2.24) is 10.2 Å². The molecule has 3 aromatic rings. The van der Waals surface area contributed by atoms with Crippen molar-refractivity contribution in [2.45, 2.75) is 18.2 Å². The van der Waals surface area contributed by atoms with Gasteiger partial charge < -0.3 is 10.6 Å². The number of benzene rings is 2. The molecule has 0 aliphatic heterocycles. The molecule has 0 fully saturated rings. The monoisotopic (exact) mass is 432 g/mol. The van der Waals surface area contributed by atoms with Crippen molar-refractivity contribution in [2.24, 2.45) is 0 Å². The van der Waals surface area contributed by atoms with Crippen molar-refractivity contribution in [3.8, 4) is 0 Å². The van der Waals surface area contributed by atoms with Crippen LogP contribution >= 0.6 is 34.7 Å². The summed E-state index contributed by atoms with van der Waals surface area (Å²) in [6.45, 7) is 3.96. The van der Waals surface area contributed by atoms with Crippen LogP contribution in [-0.2, 0) is 4.79 Å². The van der Waals surface area contributed by atoms with Crippen LogP contribution in [0.2, 0.25) is 5.02 Å². The molecule has 0 aliphatic carbocycles. The standard InChI is InChI=1S/C19H17ClN4O2S2/c1-11-5-3-8-15(12(11)2)22-16(25)10-27-19-24-23-18(28-19)17(26)21-14-7-4-6-13(20)9-14/h3-9H,10H2,1-2H3,(H,21,26)(H,22,25). The molecule has 1 aromatic heterocycles. The lowest BCUT2D eigenvalue weighted by Crippen LogP contribution is -2.15. The lowest BCUT2D eigenvalue weighted by Gasteiger charge is -2.09. The summed E-state index contributed by atoms with van der Waals surface area (Å²) in [7, 11) is 0. The van der Waals surface area contributed by atoms with Gasteiger partial charge in [0, 0.05) is 16.4 Å². The fourth-order valence-corrected chi connectivity index (χ4v) is 4.05. The predicted octanol–water partition coefficient (Wildman–Crippen LogP) is 4.79. The summed E-state index contributed by atoms with van der Waals surface area (Å²) in [5.74, 6) is -0.330. The molecule has 28 heavy (non-hydrogen) atoms. The summed E-state index contributed by atoms with van der Waals surface area (Å²) in [6, 6.07) is 12.6. The number of anilines is 2. The number of nitrogens with zero attached hydrogens (tertiary/aromatic N) is 2. The molecule has 0 atom stereocenters. The molecule has 0 radical (unpaired) electrons. The molecule has 2 amide bonds. The zero-order valence-corrected chi connectivity index (χ0v) is 17.5. The highest BCUT2D eigenvalue weighted by Gasteiger charge is 2.15. The van der Waals surface area contributed by atoms with E-state index in [1.165, 1.54) is 11.8 Å². The fourth-order valence-electron chi connectivity index (χ4n) is 2.31. The summed E-state index contributed by atoms with van der Waals surface area (Å²) in [5.41, 5.74) is 3.53. The van der Waals surface area contributed by atoms with Gasteiger partial charge in [0.2, 0.25) is 10.9 Å². The largest absolute Gasteiger partial charge is 0.325 e. The molecule has 0 saturated heterocycles. The molecule has 3 rings (SSSR count). The van der Waals surface area contributed by atoms with E-state index in [1.807, 2.05) is 32.0 Å². The number of aromatic nitrogens is 2. The lowest BCUT2D eigenvalue weighted by molar-refractivity contribution is -0.113. The Hall–Kier alpha value is -2.42. The molecule has 1 heterocycles. The molecule has 2 N–H and O–H groups in total. The van der Waals surface area contributed by atoms with E-state index in [0.717, 1.165) is 28.2 Å². The predicted molar refractivity (Wildman–Crippen MR) is 115 cm³/mol. The van der Waals surface area contributed by atoms with E-state index in [4.69, 9.17) is 11.6 Å². The number of hydrogen-bond donors (Lipinski definition) is 2. The van der Waals surface area contributed by atoms with E-state index in [0.29, 0.717) is 15.0 Å². The zero-order chi connectivity index (χ0) is 20.1. The van der Waals surface area contributed by atoms with E-state index in [9.17, 15) is 9.59 Å². The first-order chi connectivity index (χ1) is 13.4. The second-order valence-electron chi connectivity index (χ2n) is 5.92. The maximum atomic E-state index is 12.3. The van der Waals surface area contributed by atoms with Gasteiger partial charge in [0.1, 0.15) is 0 Å². The van der Waals surface area contributed by atoms with Crippen molar-refractivity contribution in [2.75, 3.05) is 16.4 Å². The van der Waals surface area contributed by atoms with Gasteiger partial charge in [0.15, 0.2) is 4.34 Å². The van der Waals surface area contributed by atoms with Crippen LogP contribution in [0.1, 0.15) is 20.9 Å².